The van der Waals surface area contributed by atoms with Gasteiger partial charge in [-0.05, 0) is 50.5 Å². The van der Waals surface area contributed by atoms with Crippen LogP contribution in [-0.4, -0.2) is 49.5 Å². The highest BCUT2D eigenvalue weighted by Crippen LogP contribution is 2.09. The van der Waals surface area contributed by atoms with Crippen molar-refractivity contribution in [1.82, 2.24) is 19.6 Å². The monoisotopic (exact) mass is 318 g/mol. The summed E-state index contributed by atoms with van der Waals surface area (Å²) in [5.41, 5.74) is 0. The van der Waals surface area contributed by atoms with Crippen molar-refractivity contribution in [3.05, 3.63) is 17.7 Å². The summed E-state index contributed by atoms with van der Waals surface area (Å²) in [5.74, 6) is 0. The van der Waals surface area contributed by atoms with Crippen molar-refractivity contribution in [3.63, 3.8) is 0 Å². The average Bonchev–Trinajstić information content (AvgIpc) is 2.45. The molecule has 1 fully saturated rings. The van der Waals surface area contributed by atoms with Crippen LogP contribution >= 0.6 is 11.6 Å². The minimum Gasteiger partial charge on any atom is -0.303 e. The van der Waals surface area contributed by atoms with Gasteiger partial charge >= 0.3 is 0 Å². The molecular formula is C12H19ClN4O2S. The van der Waals surface area contributed by atoms with E-state index in [9.17, 15) is 8.42 Å². The number of halogens is 1. The molecule has 1 aromatic heterocycles. The van der Waals surface area contributed by atoms with E-state index < -0.39 is 10.0 Å². The SMILES string of the molecule is O=S(=O)(NCCCN1CCCCC1)c1cnc(Cl)nc1. The van der Waals surface area contributed by atoms with E-state index in [0.717, 1.165) is 26.1 Å². The van der Waals surface area contributed by atoms with Crippen LogP contribution in [0.2, 0.25) is 5.28 Å². The van der Waals surface area contributed by atoms with Gasteiger partial charge in [0, 0.05) is 6.54 Å². The largest absolute Gasteiger partial charge is 0.303 e. The van der Waals surface area contributed by atoms with Gasteiger partial charge in [-0.15, -0.1) is 0 Å². The van der Waals surface area contributed by atoms with Crippen LogP contribution in [0.5, 0.6) is 0 Å². The minimum absolute atomic E-state index is 0.0362. The Morgan fingerprint density at radius 2 is 1.85 bits per heavy atom. The third-order valence-corrected chi connectivity index (χ3v) is 4.91. The van der Waals surface area contributed by atoms with Gasteiger partial charge in [0.1, 0.15) is 4.90 Å². The third-order valence-electron chi connectivity index (χ3n) is 3.30. The van der Waals surface area contributed by atoms with Gasteiger partial charge in [0.15, 0.2) is 0 Å². The zero-order chi connectivity index (χ0) is 14.4. The van der Waals surface area contributed by atoms with Gasteiger partial charge in [-0.25, -0.2) is 23.1 Å². The van der Waals surface area contributed by atoms with Crippen molar-refractivity contribution in [2.45, 2.75) is 30.6 Å². The molecule has 0 unspecified atom stereocenters. The Bertz CT molecular complexity index is 515. The molecule has 1 aliphatic rings. The fraction of sp³-hybridized carbons (Fsp3) is 0.667. The van der Waals surface area contributed by atoms with Gasteiger partial charge in [0.25, 0.3) is 0 Å². The quantitative estimate of drug-likeness (QED) is 0.632. The van der Waals surface area contributed by atoms with Gasteiger partial charge in [-0.1, -0.05) is 6.42 Å². The zero-order valence-corrected chi connectivity index (χ0v) is 12.8. The standard InChI is InChI=1S/C12H19ClN4O2S/c13-12-14-9-11(10-15-12)20(18,19)16-5-4-8-17-6-2-1-3-7-17/h9-10,16H,1-8H2. The summed E-state index contributed by atoms with van der Waals surface area (Å²) in [4.78, 5) is 9.77. The predicted octanol–water partition coefficient (Wildman–Crippen LogP) is 1.28. The molecule has 0 radical (unpaired) electrons. The molecule has 2 rings (SSSR count). The van der Waals surface area contributed by atoms with E-state index in [0.29, 0.717) is 6.54 Å². The summed E-state index contributed by atoms with van der Waals surface area (Å²) in [7, 11) is -3.53. The number of likely N-dealkylation sites (tertiary alicyclic amines) is 1. The van der Waals surface area contributed by atoms with E-state index >= 15 is 0 Å². The minimum atomic E-state index is -3.53. The first-order valence-electron chi connectivity index (χ1n) is 6.77. The van der Waals surface area contributed by atoms with Gasteiger partial charge in [0.2, 0.25) is 15.3 Å². The van der Waals surface area contributed by atoms with E-state index in [4.69, 9.17) is 11.6 Å². The number of hydrogen-bond donors (Lipinski definition) is 1. The number of aromatic nitrogens is 2. The lowest BCUT2D eigenvalue weighted by molar-refractivity contribution is 0.227. The van der Waals surface area contributed by atoms with Crippen LogP contribution in [0.1, 0.15) is 25.7 Å². The van der Waals surface area contributed by atoms with Crippen LogP contribution in [0.15, 0.2) is 17.3 Å². The Morgan fingerprint density at radius 3 is 2.50 bits per heavy atom. The van der Waals surface area contributed by atoms with E-state index in [1.807, 2.05) is 0 Å². The fourth-order valence-electron chi connectivity index (χ4n) is 2.21. The highest BCUT2D eigenvalue weighted by atomic mass is 35.5. The lowest BCUT2D eigenvalue weighted by Crippen LogP contribution is -2.33. The second kappa shape index (κ2) is 7.31. The number of nitrogens with one attached hydrogen (secondary N) is 1. The summed E-state index contributed by atoms with van der Waals surface area (Å²) in [6, 6.07) is 0. The highest BCUT2D eigenvalue weighted by Gasteiger charge is 2.15. The Kier molecular flexibility index (Phi) is 5.71. The summed E-state index contributed by atoms with van der Waals surface area (Å²) in [6.07, 6.45) is 7.01. The molecule has 0 aliphatic carbocycles. The topological polar surface area (TPSA) is 75.2 Å². The lowest BCUT2D eigenvalue weighted by Gasteiger charge is -2.26. The van der Waals surface area contributed by atoms with Crippen molar-refractivity contribution in [2.75, 3.05) is 26.2 Å². The molecule has 6 nitrogen and oxygen atoms in total. The Labute approximate surface area is 124 Å². The summed E-state index contributed by atoms with van der Waals surface area (Å²) < 4.78 is 26.5. The fourth-order valence-corrected chi connectivity index (χ4v) is 3.28. The first-order chi connectivity index (χ1) is 9.58. The van der Waals surface area contributed by atoms with Crippen molar-refractivity contribution >= 4 is 21.6 Å². The van der Waals surface area contributed by atoms with Crippen molar-refractivity contribution < 1.29 is 8.42 Å². The van der Waals surface area contributed by atoms with E-state index in [-0.39, 0.29) is 10.2 Å². The van der Waals surface area contributed by atoms with Crippen molar-refractivity contribution in [3.8, 4) is 0 Å². The van der Waals surface area contributed by atoms with Crippen LogP contribution in [0, 0.1) is 0 Å². The van der Waals surface area contributed by atoms with Gasteiger partial charge in [0.05, 0.1) is 12.4 Å². The predicted molar refractivity (Wildman–Crippen MR) is 77.1 cm³/mol. The van der Waals surface area contributed by atoms with Crippen LogP contribution in [0.3, 0.4) is 0 Å². The van der Waals surface area contributed by atoms with E-state index in [2.05, 4.69) is 19.6 Å². The second-order valence-electron chi connectivity index (χ2n) is 4.84. The molecule has 0 bridgehead atoms. The Balaban J connectivity index is 1.76. The summed E-state index contributed by atoms with van der Waals surface area (Å²) in [5, 5.41) is 0.0362. The van der Waals surface area contributed by atoms with Crippen molar-refractivity contribution in [2.24, 2.45) is 0 Å². The van der Waals surface area contributed by atoms with Crippen LogP contribution < -0.4 is 4.72 Å². The number of rotatable bonds is 6. The average molecular weight is 319 g/mol. The lowest BCUT2D eigenvalue weighted by atomic mass is 10.1. The summed E-state index contributed by atoms with van der Waals surface area (Å²) >= 11 is 5.53. The number of hydrogen-bond acceptors (Lipinski definition) is 5. The molecule has 1 aromatic rings. The Hall–Kier alpha value is -0.760. The molecule has 2 heterocycles. The maximum Gasteiger partial charge on any atom is 0.243 e. The number of nitrogens with zero attached hydrogens (tertiary/aromatic N) is 3. The van der Waals surface area contributed by atoms with E-state index in [1.165, 1.54) is 31.7 Å². The van der Waals surface area contributed by atoms with E-state index in [1.54, 1.807) is 0 Å². The summed E-state index contributed by atoms with van der Waals surface area (Å²) in [6.45, 7) is 3.59. The molecule has 1 saturated heterocycles. The molecule has 20 heavy (non-hydrogen) atoms. The van der Waals surface area contributed by atoms with Crippen molar-refractivity contribution in [1.29, 1.82) is 0 Å². The maximum absolute atomic E-state index is 11.9. The molecule has 8 heteroatoms. The maximum atomic E-state index is 11.9. The Morgan fingerprint density at radius 1 is 1.20 bits per heavy atom. The second-order valence-corrected chi connectivity index (χ2v) is 6.95. The number of piperidine rings is 1. The molecule has 0 aromatic carbocycles. The molecule has 1 aliphatic heterocycles. The molecule has 0 spiro atoms. The molecular weight excluding hydrogens is 300 g/mol. The highest BCUT2D eigenvalue weighted by molar-refractivity contribution is 7.89. The first kappa shape index (κ1) is 15.6. The molecule has 0 atom stereocenters. The van der Waals surface area contributed by atoms with Gasteiger partial charge < -0.3 is 4.90 Å². The molecule has 0 saturated carbocycles. The zero-order valence-electron chi connectivity index (χ0n) is 11.3. The van der Waals surface area contributed by atoms with Gasteiger partial charge in [-0.3, -0.25) is 0 Å². The van der Waals surface area contributed by atoms with Gasteiger partial charge in [-0.2, -0.15) is 0 Å². The van der Waals surface area contributed by atoms with Crippen LogP contribution in [0.25, 0.3) is 0 Å². The smallest absolute Gasteiger partial charge is 0.243 e. The first-order valence-corrected chi connectivity index (χ1v) is 8.63. The third kappa shape index (κ3) is 4.66. The normalized spacial score (nSPS) is 17.2. The van der Waals surface area contributed by atoms with Crippen LogP contribution in [0.4, 0.5) is 0 Å². The number of sulfonamides is 1. The van der Waals surface area contributed by atoms with Crippen LogP contribution in [-0.2, 0) is 10.0 Å². The molecule has 112 valence electrons. The molecule has 0 amide bonds. The molecule has 1 N–H and O–H groups in total.